The number of anilines is 1. The van der Waals surface area contributed by atoms with Crippen LogP contribution in [0.2, 0.25) is 0 Å². The van der Waals surface area contributed by atoms with Gasteiger partial charge in [-0.25, -0.2) is 14.4 Å². The number of halogens is 4. The van der Waals surface area contributed by atoms with E-state index in [4.69, 9.17) is 14.6 Å². The van der Waals surface area contributed by atoms with Gasteiger partial charge in [0.05, 0.1) is 30.4 Å². The normalized spacial score (nSPS) is 21.2. The Morgan fingerprint density at radius 1 is 1.05 bits per heavy atom. The van der Waals surface area contributed by atoms with Gasteiger partial charge in [-0.1, -0.05) is 19.1 Å². The number of fused-ring (bicyclic) bond motifs is 1. The van der Waals surface area contributed by atoms with Crippen molar-refractivity contribution in [2.24, 2.45) is 5.92 Å². The van der Waals surface area contributed by atoms with Crippen LogP contribution in [-0.2, 0) is 17.4 Å². The molecule has 2 atom stereocenters. The first-order valence-electron chi connectivity index (χ1n) is 14.2. The molecule has 1 N–H and O–H groups in total. The number of hydrogen-bond acceptors (Lipinski definition) is 8. The van der Waals surface area contributed by atoms with Crippen LogP contribution in [0.3, 0.4) is 0 Å². The number of aromatic nitrogens is 3. The monoisotopic (exact) mass is 603 g/mol. The fraction of sp³-hybridized carbons (Fsp3) is 0.484. The minimum atomic E-state index is -4.50. The van der Waals surface area contributed by atoms with E-state index in [1.165, 1.54) is 12.3 Å². The summed E-state index contributed by atoms with van der Waals surface area (Å²) in [7, 11) is 2.02. The minimum absolute atomic E-state index is 0.0509. The maximum absolute atomic E-state index is 14.0. The van der Waals surface area contributed by atoms with Gasteiger partial charge < -0.3 is 24.4 Å². The molecule has 3 aliphatic rings. The number of aliphatic hydroxyl groups excluding tert-OH is 1. The van der Waals surface area contributed by atoms with Crippen LogP contribution < -0.4 is 9.64 Å². The molecule has 2 unspecified atom stereocenters. The zero-order valence-corrected chi connectivity index (χ0v) is 24.6. The maximum atomic E-state index is 14.0. The molecule has 6 rings (SSSR count). The lowest BCUT2D eigenvalue weighted by Crippen LogP contribution is -2.54. The predicted molar refractivity (Wildman–Crippen MR) is 154 cm³/mol. The van der Waals surface area contributed by atoms with Gasteiger partial charge in [0.15, 0.2) is 5.69 Å². The Labute approximate surface area is 248 Å². The summed E-state index contributed by atoms with van der Waals surface area (Å²) in [5, 5.41) is 8.86. The first-order chi connectivity index (χ1) is 20.4. The Morgan fingerprint density at radius 2 is 1.77 bits per heavy atom. The zero-order valence-electron chi connectivity index (χ0n) is 24.6. The first kappa shape index (κ1) is 32.3. The summed E-state index contributed by atoms with van der Waals surface area (Å²) in [6.45, 7) is 9.01. The highest BCUT2D eigenvalue weighted by Gasteiger charge is 2.45. The molecule has 2 fully saturated rings. The summed E-state index contributed by atoms with van der Waals surface area (Å²) < 4.78 is 58.8. The van der Waals surface area contributed by atoms with Crippen molar-refractivity contribution < 1.29 is 32.2 Å². The van der Waals surface area contributed by atoms with Crippen LogP contribution in [0.15, 0.2) is 42.9 Å². The number of piperidine rings is 1. The molecule has 8 nitrogen and oxygen atoms in total. The predicted octanol–water partition coefficient (Wildman–Crippen LogP) is 5.11. The van der Waals surface area contributed by atoms with Gasteiger partial charge >= 0.3 is 6.18 Å². The molecule has 0 aliphatic carbocycles. The quantitative estimate of drug-likeness (QED) is 0.404. The van der Waals surface area contributed by atoms with Crippen LogP contribution in [0.1, 0.15) is 43.0 Å². The number of pyridine rings is 1. The zero-order chi connectivity index (χ0) is 31.4. The SMILES string of the molecule is C=O.CN1CCC(O)C1.Cc1ccc(-c2cc3c(cn2)OC2(CCN(c4cnc(C(F)(F)F)cn4)CC2)C(C)C3)cc1F. The molecule has 3 aromatic rings. The number of rotatable bonds is 2. The third kappa shape index (κ3) is 7.48. The number of likely N-dealkylation sites (tertiary alicyclic amines) is 1. The second-order valence-electron chi connectivity index (χ2n) is 11.4. The molecule has 0 saturated carbocycles. The Bertz CT molecular complexity index is 1370. The van der Waals surface area contributed by atoms with Gasteiger partial charge in [-0.15, -0.1) is 0 Å². The van der Waals surface area contributed by atoms with E-state index in [1.807, 2.05) is 30.9 Å². The van der Waals surface area contributed by atoms with Crippen LogP contribution in [-0.4, -0.2) is 76.7 Å². The van der Waals surface area contributed by atoms with Gasteiger partial charge in [-0.05, 0) is 50.1 Å². The smallest absolute Gasteiger partial charge is 0.434 e. The van der Waals surface area contributed by atoms with Gasteiger partial charge in [0.1, 0.15) is 29.8 Å². The summed E-state index contributed by atoms with van der Waals surface area (Å²) in [6, 6.07) is 7.07. The number of alkyl halides is 3. The number of ether oxygens (including phenoxy) is 1. The van der Waals surface area contributed by atoms with E-state index in [2.05, 4.69) is 26.8 Å². The number of carbonyl (C=O) groups is 1. The van der Waals surface area contributed by atoms with Crippen molar-refractivity contribution in [3.05, 3.63) is 65.5 Å². The van der Waals surface area contributed by atoms with E-state index in [-0.39, 0.29) is 23.4 Å². The average molecular weight is 604 g/mol. The van der Waals surface area contributed by atoms with Crippen LogP contribution in [0.5, 0.6) is 5.75 Å². The van der Waals surface area contributed by atoms with E-state index in [9.17, 15) is 17.6 Å². The van der Waals surface area contributed by atoms with Crippen molar-refractivity contribution in [3.8, 4) is 17.0 Å². The second-order valence-corrected chi connectivity index (χ2v) is 11.4. The van der Waals surface area contributed by atoms with E-state index in [1.54, 1.807) is 19.2 Å². The van der Waals surface area contributed by atoms with E-state index >= 15 is 0 Å². The summed E-state index contributed by atoms with van der Waals surface area (Å²) in [5.74, 6) is 1.14. The third-order valence-electron chi connectivity index (χ3n) is 8.38. The van der Waals surface area contributed by atoms with Crippen LogP contribution in [0.4, 0.5) is 23.4 Å². The highest BCUT2D eigenvalue weighted by Crippen LogP contribution is 2.44. The molecule has 0 amide bonds. The lowest BCUT2D eigenvalue weighted by Gasteiger charge is -2.48. The molecule has 3 aliphatic heterocycles. The van der Waals surface area contributed by atoms with Crippen LogP contribution in [0.25, 0.3) is 11.3 Å². The number of β-amino-alcohol motifs (C(OH)–C–C–N with tert-alkyl or cyclic N) is 1. The summed E-state index contributed by atoms with van der Waals surface area (Å²) in [6.07, 6.45) is 2.30. The molecule has 1 aromatic carbocycles. The largest absolute Gasteiger partial charge is 0.485 e. The fourth-order valence-electron chi connectivity index (χ4n) is 5.73. The Morgan fingerprint density at radius 3 is 2.30 bits per heavy atom. The van der Waals surface area contributed by atoms with Gasteiger partial charge in [0, 0.05) is 50.5 Å². The number of benzene rings is 1. The van der Waals surface area contributed by atoms with Crippen LogP contribution >= 0.6 is 0 Å². The highest BCUT2D eigenvalue weighted by atomic mass is 19.4. The molecule has 2 saturated heterocycles. The number of aryl methyl sites for hydroxylation is 1. The van der Waals surface area contributed by atoms with E-state index < -0.39 is 11.9 Å². The van der Waals surface area contributed by atoms with Gasteiger partial charge in [-0.2, -0.15) is 13.2 Å². The van der Waals surface area contributed by atoms with Crippen molar-refractivity contribution in [2.45, 2.75) is 57.4 Å². The summed E-state index contributed by atoms with van der Waals surface area (Å²) in [4.78, 5) is 24.1. The molecule has 43 heavy (non-hydrogen) atoms. The molecule has 1 spiro atoms. The number of aliphatic hydroxyl groups is 1. The van der Waals surface area contributed by atoms with Crippen molar-refractivity contribution >= 4 is 12.6 Å². The lowest BCUT2D eigenvalue weighted by atomic mass is 9.75. The topological polar surface area (TPSA) is 91.7 Å². The summed E-state index contributed by atoms with van der Waals surface area (Å²) >= 11 is 0. The molecule has 0 bridgehead atoms. The highest BCUT2D eigenvalue weighted by molar-refractivity contribution is 5.62. The molecule has 0 radical (unpaired) electrons. The Hall–Kier alpha value is -3.64. The van der Waals surface area contributed by atoms with E-state index in [0.717, 1.165) is 49.0 Å². The molecular formula is C31H37F4N5O3. The van der Waals surface area contributed by atoms with Gasteiger partial charge in [0.2, 0.25) is 0 Å². The number of likely N-dealkylation sites (N-methyl/N-ethyl adjacent to an activating group) is 1. The maximum Gasteiger partial charge on any atom is 0.434 e. The number of hydrogen-bond donors (Lipinski definition) is 1. The number of nitrogens with zero attached hydrogens (tertiary/aromatic N) is 5. The number of carbonyl (C=O) groups excluding carboxylic acids is 1. The van der Waals surface area contributed by atoms with E-state index in [0.29, 0.717) is 43.0 Å². The minimum Gasteiger partial charge on any atom is -0.485 e. The van der Waals surface area contributed by atoms with Crippen molar-refractivity contribution in [2.75, 3.05) is 38.1 Å². The fourth-order valence-corrected chi connectivity index (χ4v) is 5.73. The first-order valence-corrected chi connectivity index (χ1v) is 14.2. The van der Waals surface area contributed by atoms with Gasteiger partial charge in [-0.3, -0.25) is 4.98 Å². The standard InChI is InChI=1S/C25H24F4N4O.C5H11NO.CH2O/c1-15-3-4-17(10-19(15)26)20-11-18-9-16(2)24(34-21(18)12-30-20)5-7-33(8-6-24)23-14-31-22(13-32-23)25(27,28)29;1-6-3-2-5(7)4-6;1-2/h3-4,10-14,16H,5-9H2,1-2H3;5,7H,2-4H2,1H3;1H2. The van der Waals surface area contributed by atoms with Crippen LogP contribution in [0, 0.1) is 18.7 Å². The summed E-state index contributed by atoms with van der Waals surface area (Å²) in [5.41, 5.74) is 1.70. The molecule has 2 aromatic heterocycles. The molecule has 12 heteroatoms. The lowest BCUT2D eigenvalue weighted by molar-refractivity contribution is -0.141. The van der Waals surface area contributed by atoms with Crippen molar-refractivity contribution in [1.29, 1.82) is 0 Å². The molecule has 232 valence electrons. The molecular weight excluding hydrogens is 566 g/mol. The Kier molecular flexibility index (Phi) is 10.0. The Balaban J connectivity index is 0.000000409. The average Bonchev–Trinajstić information content (AvgIpc) is 3.38. The molecule has 5 heterocycles. The van der Waals surface area contributed by atoms with Gasteiger partial charge in [0.25, 0.3) is 0 Å². The van der Waals surface area contributed by atoms with Crippen molar-refractivity contribution in [1.82, 2.24) is 19.9 Å². The third-order valence-corrected chi connectivity index (χ3v) is 8.38. The van der Waals surface area contributed by atoms with Crippen molar-refractivity contribution in [3.63, 3.8) is 0 Å². The second kappa shape index (κ2) is 13.3.